The summed E-state index contributed by atoms with van der Waals surface area (Å²) in [5.41, 5.74) is 0. The second kappa shape index (κ2) is 28.1. The topological polar surface area (TPSA) is 0 Å². The van der Waals surface area contributed by atoms with Crippen LogP contribution in [0.2, 0.25) is 0 Å². The van der Waals surface area contributed by atoms with Crippen molar-refractivity contribution in [3.8, 4) is 0 Å². The van der Waals surface area contributed by atoms with E-state index in [-0.39, 0.29) is 0 Å². The fourth-order valence-electron chi connectivity index (χ4n) is 7.91. The van der Waals surface area contributed by atoms with Gasteiger partial charge in [-0.1, -0.05) is 231 Å². The Kier molecular flexibility index (Phi) is 25.4. The minimum atomic E-state index is 1.04. The highest BCUT2D eigenvalue weighted by Crippen LogP contribution is 2.31. The minimum absolute atomic E-state index is 1.04. The molecule has 0 amide bonds. The van der Waals surface area contributed by atoms with Gasteiger partial charge in [0.05, 0.1) is 0 Å². The molecule has 0 N–H and O–H groups in total. The Hall–Kier alpha value is 0. The lowest BCUT2D eigenvalue weighted by atomic mass is 9.82. The molecule has 2 saturated carbocycles. The van der Waals surface area contributed by atoms with E-state index < -0.39 is 0 Å². The highest BCUT2D eigenvalue weighted by Gasteiger charge is 2.17. The first-order valence-corrected chi connectivity index (χ1v) is 19.4. The SMILES string of the molecule is C1CCCCCCCCCC(CC2CCCCCCCCCCCCCCCCCC2)CCCCCCCC1. The average molecular weight is 545 g/mol. The Balaban J connectivity index is 1.79. The summed E-state index contributed by atoms with van der Waals surface area (Å²) in [6.45, 7) is 0. The zero-order chi connectivity index (χ0) is 27.3. The molecule has 0 nitrogen and oxygen atoms in total. The Morgan fingerprint density at radius 2 is 0.308 bits per heavy atom. The van der Waals surface area contributed by atoms with Gasteiger partial charge in [0.25, 0.3) is 0 Å². The lowest BCUT2D eigenvalue weighted by Gasteiger charge is -2.24. The fourth-order valence-corrected chi connectivity index (χ4v) is 7.91. The Morgan fingerprint density at radius 3 is 0.462 bits per heavy atom. The van der Waals surface area contributed by atoms with Crippen LogP contribution in [0, 0.1) is 11.8 Å². The van der Waals surface area contributed by atoms with E-state index in [9.17, 15) is 0 Å². The maximum atomic E-state index is 1.58. The highest BCUT2D eigenvalue weighted by atomic mass is 14.2. The molecule has 2 fully saturated rings. The standard InChI is InChI=1S/C39H76/c1-2-6-10-14-18-22-26-30-34-38(33-29-25-21-17-13-9-5-1)37-39-35-31-27-23-19-15-11-7-3-4-8-12-16-20-24-28-32-36-39/h38-39H,1-37H2. The van der Waals surface area contributed by atoms with Crippen molar-refractivity contribution in [3.05, 3.63) is 0 Å². The molecule has 2 aliphatic carbocycles. The van der Waals surface area contributed by atoms with Gasteiger partial charge in [-0.3, -0.25) is 0 Å². The monoisotopic (exact) mass is 545 g/mol. The molecule has 0 aromatic rings. The van der Waals surface area contributed by atoms with E-state index in [1.807, 2.05) is 0 Å². The molecule has 0 radical (unpaired) electrons. The van der Waals surface area contributed by atoms with Crippen molar-refractivity contribution in [2.45, 2.75) is 238 Å². The number of hydrogen-bond donors (Lipinski definition) is 0. The van der Waals surface area contributed by atoms with E-state index in [2.05, 4.69) is 0 Å². The molecule has 0 aliphatic heterocycles. The quantitative estimate of drug-likeness (QED) is 0.324. The van der Waals surface area contributed by atoms with Gasteiger partial charge in [0.1, 0.15) is 0 Å². The predicted octanol–water partition coefficient (Wildman–Crippen LogP) is 14.7. The van der Waals surface area contributed by atoms with Crippen molar-refractivity contribution in [2.24, 2.45) is 11.8 Å². The summed E-state index contributed by atoms with van der Waals surface area (Å²) in [4.78, 5) is 0. The summed E-state index contributed by atoms with van der Waals surface area (Å²) < 4.78 is 0. The maximum absolute atomic E-state index is 1.58. The highest BCUT2D eigenvalue weighted by molar-refractivity contribution is 4.69. The normalized spacial score (nSPS) is 25.2. The van der Waals surface area contributed by atoms with Crippen molar-refractivity contribution in [2.75, 3.05) is 0 Å². The van der Waals surface area contributed by atoms with Crippen LogP contribution in [0.3, 0.4) is 0 Å². The van der Waals surface area contributed by atoms with E-state index in [0.29, 0.717) is 0 Å². The van der Waals surface area contributed by atoms with Crippen LogP contribution in [-0.4, -0.2) is 0 Å². The zero-order valence-electron chi connectivity index (χ0n) is 27.3. The molecule has 0 bridgehead atoms. The number of rotatable bonds is 2. The third-order valence-corrected chi connectivity index (χ3v) is 10.6. The molecule has 0 spiro atoms. The van der Waals surface area contributed by atoms with Crippen molar-refractivity contribution in [1.29, 1.82) is 0 Å². The van der Waals surface area contributed by atoms with Crippen LogP contribution in [0.4, 0.5) is 0 Å². The largest absolute Gasteiger partial charge is 0.0533 e. The lowest BCUT2D eigenvalue weighted by Crippen LogP contribution is -2.11. The maximum Gasteiger partial charge on any atom is -0.0412 e. The van der Waals surface area contributed by atoms with Crippen LogP contribution >= 0.6 is 0 Å². The van der Waals surface area contributed by atoms with Gasteiger partial charge in [-0.05, 0) is 18.3 Å². The molecule has 0 aromatic carbocycles. The Labute approximate surface area is 249 Å². The van der Waals surface area contributed by atoms with Crippen LogP contribution in [0.15, 0.2) is 0 Å². The molecule has 39 heavy (non-hydrogen) atoms. The van der Waals surface area contributed by atoms with Crippen LogP contribution in [0.5, 0.6) is 0 Å². The van der Waals surface area contributed by atoms with Crippen LogP contribution in [0.25, 0.3) is 0 Å². The first-order chi connectivity index (χ1) is 19.4. The first-order valence-electron chi connectivity index (χ1n) is 19.4. The second-order valence-corrected chi connectivity index (χ2v) is 14.4. The van der Waals surface area contributed by atoms with Crippen molar-refractivity contribution >= 4 is 0 Å². The van der Waals surface area contributed by atoms with E-state index >= 15 is 0 Å². The molecule has 0 unspecified atom stereocenters. The minimum Gasteiger partial charge on any atom is -0.0533 e. The van der Waals surface area contributed by atoms with Gasteiger partial charge in [-0.15, -0.1) is 0 Å². The third kappa shape index (κ3) is 23.3. The van der Waals surface area contributed by atoms with Gasteiger partial charge < -0.3 is 0 Å². The summed E-state index contributed by atoms with van der Waals surface area (Å²) in [7, 11) is 0. The van der Waals surface area contributed by atoms with Crippen LogP contribution in [-0.2, 0) is 0 Å². The third-order valence-electron chi connectivity index (χ3n) is 10.6. The molecule has 232 valence electrons. The summed E-state index contributed by atoms with van der Waals surface area (Å²) >= 11 is 0. The van der Waals surface area contributed by atoms with Crippen molar-refractivity contribution in [1.82, 2.24) is 0 Å². The van der Waals surface area contributed by atoms with Crippen molar-refractivity contribution < 1.29 is 0 Å². The fraction of sp³-hybridized carbons (Fsp3) is 1.00. The summed E-state index contributed by atoms with van der Waals surface area (Å²) in [6.07, 6.45) is 56.1. The Bertz CT molecular complexity index is 385. The Morgan fingerprint density at radius 1 is 0.179 bits per heavy atom. The number of hydrogen-bond acceptors (Lipinski definition) is 0. The van der Waals surface area contributed by atoms with Gasteiger partial charge in [-0.2, -0.15) is 0 Å². The van der Waals surface area contributed by atoms with Gasteiger partial charge in [-0.25, -0.2) is 0 Å². The van der Waals surface area contributed by atoms with E-state index in [1.54, 1.807) is 32.1 Å². The molecular formula is C39H76. The van der Waals surface area contributed by atoms with E-state index in [0.717, 1.165) is 11.8 Å². The van der Waals surface area contributed by atoms with Gasteiger partial charge in [0.15, 0.2) is 0 Å². The van der Waals surface area contributed by atoms with Crippen LogP contribution in [0.1, 0.15) is 238 Å². The predicted molar refractivity (Wildman–Crippen MR) is 178 cm³/mol. The smallest absolute Gasteiger partial charge is 0.0412 e. The van der Waals surface area contributed by atoms with E-state index in [4.69, 9.17) is 0 Å². The first kappa shape index (κ1) is 35.2. The molecule has 0 aromatic heterocycles. The molecule has 0 heteroatoms. The molecule has 2 rings (SSSR count). The lowest BCUT2D eigenvalue weighted by molar-refractivity contribution is 0.282. The zero-order valence-corrected chi connectivity index (χ0v) is 27.3. The van der Waals surface area contributed by atoms with Crippen LogP contribution < -0.4 is 0 Å². The molecular weight excluding hydrogens is 468 g/mol. The van der Waals surface area contributed by atoms with Gasteiger partial charge in [0.2, 0.25) is 0 Å². The molecule has 0 saturated heterocycles. The van der Waals surface area contributed by atoms with Gasteiger partial charge in [0, 0.05) is 0 Å². The summed E-state index contributed by atoms with van der Waals surface area (Å²) in [5.74, 6) is 2.08. The molecule has 0 atom stereocenters. The van der Waals surface area contributed by atoms with E-state index in [1.165, 1.54) is 205 Å². The molecule has 0 heterocycles. The molecule has 2 aliphatic rings. The average Bonchev–Trinajstić information content (AvgIpc) is 2.94. The van der Waals surface area contributed by atoms with Crippen molar-refractivity contribution in [3.63, 3.8) is 0 Å². The summed E-state index contributed by atoms with van der Waals surface area (Å²) in [6, 6.07) is 0. The van der Waals surface area contributed by atoms with Gasteiger partial charge >= 0.3 is 0 Å². The second-order valence-electron chi connectivity index (χ2n) is 14.4. The summed E-state index contributed by atoms with van der Waals surface area (Å²) in [5, 5.41) is 0.